The molecule has 1 aliphatic rings. The van der Waals surface area contributed by atoms with E-state index in [1.54, 1.807) is 0 Å². The molecular formula is C13H18OS. The lowest BCUT2D eigenvalue weighted by atomic mass is 9.80. The molecule has 1 aromatic carbocycles. The van der Waals surface area contributed by atoms with Crippen molar-refractivity contribution < 1.29 is 5.11 Å². The molecule has 0 saturated carbocycles. The van der Waals surface area contributed by atoms with Crippen LogP contribution >= 0.6 is 11.8 Å². The summed E-state index contributed by atoms with van der Waals surface area (Å²) in [4.78, 5) is 0. The Morgan fingerprint density at radius 3 is 3.00 bits per heavy atom. The Morgan fingerprint density at radius 1 is 1.40 bits per heavy atom. The summed E-state index contributed by atoms with van der Waals surface area (Å²) in [6.45, 7) is 0. The Hall–Kier alpha value is -0.470. The number of hydrogen-bond donors (Lipinski definition) is 1. The van der Waals surface area contributed by atoms with Crippen LogP contribution in [0.3, 0.4) is 0 Å². The maximum Gasteiger partial charge on any atom is 0.0821 e. The summed E-state index contributed by atoms with van der Waals surface area (Å²) in [5.74, 6) is 1.62. The monoisotopic (exact) mass is 222 g/mol. The first-order chi connectivity index (χ1) is 7.33. The minimum Gasteiger partial charge on any atom is -0.388 e. The fourth-order valence-electron chi connectivity index (χ4n) is 2.37. The maximum atomic E-state index is 10.2. The number of rotatable bonds is 3. The normalized spacial score (nSPS) is 24.9. The van der Waals surface area contributed by atoms with Crippen molar-refractivity contribution in [3.63, 3.8) is 0 Å². The summed E-state index contributed by atoms with van der Waals surface area (Å²) < 4.78 is 0. The highest BCUT2D eigenvalue weighted by molar-refractivity contribution is 7.98. The van der Waals surface area contributed by atoms with E-state index >= 15 is 0 Å². The third kappa shape index (κ3) is 2.37. The molecular weight excluding hydrogens is 204 g/mol. The van der Waals surface area contributed by atoms with Gasteiger partial charge in [0, 0.05) is 0 Å². The first kappa shape index (κ1) is 11.0. The van der Waals surface area contributed by atoms with Gasteiger partial charge in [-0.25, -0.2) is 0 Å². The topological polar surface area (TPSA) is 20.2 Å². The molecule has 2 unspecified atom stereocenters. The predicted molar refractivity (Wildman–Crippen MR) is 66.2 cm³/mol. The first-order valence-corrected chi connectivity index (χ1v) is 6.97. The summed E-state index contributed by atoms with van der Waals surface area (Å²) in [6, 6.07) is 8.31. The SMILES string of the molecule is CSCCC1CCc2ccccc2C1O. The summed E-state index contributed by atoms with van der Waals surface area (Å²) in [6.07, 6.45) is 5.30. The maximum absolute atomic E-state index is 10.2. The van der Waals surface area contributed by atoms with E-state index in [1.165, 1.54) is 5.56 Å². The van der Waals surface area contributed by atoms with Crippen molar-refractivity contribution in [3.05, 3.63) is 35.4 Å². The fourth-order valence-corrected chi connectivity index (χ4v) is 2.91. The second-order valence-electron chi connectivity index (χ2n) is 4.22. The minimum atomic E-state index is -0.234. The average molecular weight is 222 g/mol. The zero-order chi connectivity index (χ0) is 10.7. The van der Waals surface area contributed by atoms with Crippen molar-refractivity contribution in [3.8, 4) is 0 Å². The highest BCUT2D eigenvalue weighted by Crippen LogP contribution is 2.36. The van der Waals surface area contributed by atoms with Gasteiger partial charge in [-0.05, 0) is 48.3 Å². The molecule has 2 heteroatoms. The second-order valence-corrected chi connectivity index (χ2v) is 5.21. The quantitative estimate of drug-likeness (QED) is 0.848. The minimum absolute atomic E-state index is 0.234. The highest BCUT2D eigenvalue weighted by Gasteiger charge is 2.26. The molecule has 2 atom stereocenters. The molecule has 15 heavy (non-hydrogen) atoms. The van der Waals surface area contributed by atoms with E-state index in [4.69, 9.17) is 0 Å². The number of benzene rings is 1. The van der Waals surface area contributed by atoms with Crippen molar-refractivity contribution >= 4 is 11.8 Å². The van der Waals surface area contributed by atoms with Crippen LogP contribution < -0.4 is 0 Å². The molecule has 2 rings (SSSR count). The van der Waals surface area contributed by atoms with Crippen LogP contribution in [-0.4, -0.2) is 17.1 Å². The highest BCUT2D eigenvalue weighted by atomic mass is 32.2. The van der Waals surface area contributed by atoms with Gasteiger partial charge in [0.1, 0.15) is 0 Å². The molecule has 0 heterocycles. The standard InChI is InChI=1S/C13H18OS/c1-15-9-8-11-7-6-10-4-2-3-5-12(10)13(11)14/h2-5,11,13-14H,6-9H2,1H3. The van der Waals surface area contributed by atoms with Gasteiger partial charge in [-0.2, -0.15) is 11.8 Å². The average Bonchev–Trinajstić information content (AvgIpc) is 2.29. The smallest absolute Gasteiger partial charge is 0.0821 e. The Morgan fingerprint density at radius 2 is 2.20 bits per heavy atom. The van der Waals surface area contributed by atoms with Crippen LogP contribution in [0.15, 0.2) is 24.3 Å². The van der Waals surface area contributed by atoms with Crippen LogP contribution in [0.5, 0.6) is 0 Å². The molecule has 0 amide bonds. The summed E-state index contributed by atoms with van der Waals surface area (Å²) in [5.41, 5.74) is 2.50. The van der Waals surface area contributed by atoms with Gasteiger partial charge >= 0.3 is 0 Å². The molecule has 0 bridgehead atoms. The first-order valence-electron chi connectivity index (χ1n) is 5.57. The molecule has 1 aliphatic carbocycles. The van der Waals surface area contributed by atoms with Gasteiger partial charge in [-0.1, -0.05) is 24.3 Å². The molecule has 1 nitrogen and oxygen atoms in total. The Balaban J connectivity index is 2.11. The van der Waals surface area contributed by atoms with Crippen molar-refractivity contribution in [2.75, 3.05) is 12.0 Å². The van der Waals surface area contributed by atoms with Gasteiger partial charge in [0.2, 0.25) is 0 Å². The van der Waals surface area contributed by atoms with Gasteiger partial charge in [-0.15, -0.1) is 0 Å². The predicted octanol–water partition coefficient (Wildman–Crippen LogP) is 3.04. The van der Waals surface area contributed by atoms with Crippen LogP contribution in [0.25, 0.3) is 0 Å². The van der Waals surface area contributed by atoms with Gasteiger partial charge in [0.15, 0.2) is 0 Å². The Kier molecular flexibility index (Phi) is 3.71. The van der Waals surface area contributed by atoms with Crippen molar-refractivity contribution in [2.45, 2.75) is 25.4 Å². The van der Waals surface area contributed by atoms with E-state index in [1.807, 2.05) is 17.8 Å². The lowest BCUT2D eigenvalue weighted by molar-refractivity contribution is 0.0921. The van der Waals surface area contributed by atoms with E-state index in [0.717, 1.165) is 30.6 Å². The van der Waals surface area contributed by atoms with E-state index < -0.39 is 0 Å². The number of aliphatic hydroxyl groups is 1. The number of aliphatic hydroxyl groups excluding tert-OH is 1. The zero-order valence-electron chi connectivity index (χ0n) is 9.15. The van der Waals surface area contributed by atoms with Crippen LogP contribution in [-0.2, 0) is 6.42 Å². The zero-order valence-corrected chi connectivity index (χ0v) is 9.96. The van der Waals surface area contributed by atoms with E-state index in [2.05, 4.69) is 24.5 Å². The second kappa shape index (κ2) is 5.04. The molecule has 1 N–H and O–H groups in total. The van der Waals surface area contributed by atoms with E-state index in [9.17, 15) is 5.11 Å². The van der Waals surface area contributed by atoms with Gasteiger partial charge in [0.05, 0.1) is 6.10 Å². The number of fused-ring (bicyclic) bond motifs is 1. The number of hydrogen-bond acceptors (Lipinski definition) is 2. The van der Waals surface area contributed by atoms with Crippen LogP contribution in [0.1, 0.15) is 30.1 Å². The van der Waals surface area contributed by atoms with Crippen LogP contribution in [0.2, 0.25) is 0 Å². The molecule has 0 saturated heterocycles. The fraction of sp³-hybridized carbons (Fsp3) is 0.538. The molecule has 1 aromatic rings. The molecule has 82 valence electrons. The molecule has 0 spiro atoms. The summed E-state index contributed by atoms with van der Waals surface area (Å²) >= 11 is 1.87. The van der Waals surface area contributed by atoms with Crippen molar-refractivity contribution in [1.29, 1.82) is 0 Å². The molecule has 0 aromatic heterocycles. The van der Waals surface area contributed by atoms with Crippen LogP contribution in [0, 0.1) is 5.92 Å². The van der Waals surface area contributed by atoms with Crippen LogP contribution in [0.4, 0.5) is 0 Å². The third-order valence-corrected chi connectivity index (χ3v) is 3.94. The van der Waals surface area contributed by atoms with E-state index in [-0.39, 0.29) is 6.10 Å². The molecule has 0 fully saturated rings. The molecule has 0 aliphatic heterocycles. The molecule has 0 radical (unpaired) electrons. The Bertz CT molecular complexity index is 324. The summed E-state index contributed by atoms with van der Waals surface area (Å²) in [7, 11) is 0. The number of aryl methyl sites for hydroxylation is 1. The van der Waals surface area contributed by atoms with E-state index in [0.29, 0.717) is 5.92 Å². The van der Waals surface area contributed by atoms with Gasteiger partial charge < -0.3 is 5.11 Å². The largest absolute Gasteiger partial charge is 0.388 e. The summed E-state index contributed by atoms with van der Waals surface area (Å²) in [5, 5.41) is 10.2. The van der Waals surface area contributed by atoms with Gasteiger partial charge in [-0.3, -0.25) is 0 Å². The number of thioether (sulfide) groups is 1. The lowest BCUT2D eigenvalue weighted by Gasteiger charge is -2.29. The third-order valence-electron chi connectivity index (χ3n) is 3.30. The van der Waals surface area contributed by atoms with Crippen molar-refractivity contribution in [1.82, 2.24) is 0 Å². The Labute approximate surface area is 95.9 Å². The van der Waals surface area contributed by atoms with Crippen molar-refractivity contribution in [2.24, 2.45) is 5.92 Å². The lowest BCUT2D eigenvalue weighted by Crippen LogP contribution is -2.21. The van der Waals surface area contributed by atoms with Gasteiger partial charge in [0.25, 0.3) is 0 Å².